The summed E-state index contributed by atoms with van der Waals surface area (Å²) in [5.41, 5.74) is 0.0734. The first-order valence-electron chi connectivity index (χ1n) is 8.44. The van der Waals surface area contributed by atoms with Crippen LogP contribution in [-0.2, 0) is 9.53 Å². The van der Waals surface area contributed by atoms with E-state index in [1.807, 2.05) is 0 Å². The van der Waals surface area contributed by atoms with Crippen molar-refractivity contribution in [2.75, 3.05) is 18.5 Å². The van der Waals surface area contributed by atoms with Crippen LogP contribution in [0.25, 0.3) is 0 Å². The van der Waals surface area contributed by atoms with Crippen LogP contribution >= 0.6 is 0 Å². The summed E-state index contributed by atoms with van der Waals surface area (Å²) in [6.45, 7) is 2.11. The molecule has 27 heavy (non-hydrogen) atoms. The number of rotatable bonds is 9. The van der Waals surface area contributed by atoms with Crippen molar-refractivity contribution in [1.29, 1.82) is 0 Å². The smallest absolute Gasteiger partial charge is 0.338 e. The minimum Gasteiger partial charge on any atom is -0.494 e. The zero-order valence-corrected chi connectivity index (χ0v) is 14.8. The highest BCUT2D eigenvalue weighted by atomic mass is 16.6. The minimum absolute atomic E-state index is 0.0390. The normalized spacial score (nSPS) is 10.1. The topological polar surface area (TPSA) is 108 Å². The third-order valence-electron chi connectivity index (χ3n) is 3.57. The van der Waals surface area contributed by atoms with Gasteiger partial charge in [-0.15, -0.1) is 0 Å². The van der Waals surface area contributed by atoms with E-state index in [1.165, 1.54) is 18.2 Å². The van der Waals surface area contributed by atoms with Gasteiger partial charge in [0.05, 0.1) is 17.1 Å². The van der Waals surface area contributed by atoms with E-state index in [-0.39, 0.29) is 16.9 Å². The molecule has 0 atom stereocenters. The van der Waals surface area contributed by atoms with Crippen molar-refractivity contribution in [2.45, 2.75) is 19.8 Å². The highest BCUT2D eigenvalue weighted by molar-refractivity contribution is 5.96. The van der Waals surface area contributed by atoms with Crippen LogP contribution in [0.2, 0.25) is 0 Å². The number of hydrogen-bond acceptors (Lipinski definition) is 6. The van der Waals surface area contributed by atoms with Crippen molar-refractivity contribution in [3.05, 3.63) is 64.2 Å². The SMILES string of the molecule is CCCCOc1ccc(C(=O)OCC(=O)Nc2ccccc2[N+](=O)[O-])cc1. The van der Waals surface area contributed by atoms with E-state index in [9.17, 15) is 19.7 Å². The average Bonchev–Trinajstić information content (AvgIpc) is 2.67. The van der Waals surface area contributed by atoms with Gasteiger partial charge in [-0.3, -0.25) is 14.9 Å². The number of nitro benzene ring substituents is 1. The summed E-state index contributed by atoms with van der Waals surface area (Å²) in [7, 11) is 0. The van der Waals surface area contributed by atoms with Gasteiger partial charge in [0.2, 0.25) is 0 Å². The van der Waals surface area contributed by atoms with E-state index >= 15 is 0 Å². The predicted molar refractivity (Wildman–Crippen MR) is 98.9 cm³/mol. The molecule has 0 aliphatic heterocycles. The van der Waals surface area contributed by atoms with E-state index in [0.29, 0.717) is 12.4 Å². The fraction of sp³-hybridized carbons (Fsp3) is 0.263. The number of nitrogens with one attached hydrogen (secondary N) is 1. The lowest BCUT2D eigenvalue weighted by molar-refractivity contribution is -0.383. The molecule has 1 N–H and O–H groups in total. The standard InChI is InChI=1S/C19H20N2O6/c1-2-3-12-26-15-10-8-14(9-11-15)19(23)27-13-18(22)20-16-6-4-5-7-17(16)21(24)25/h4-11H,2-3,12-13H2,1H3,(H,20,22). The van der Waals surface area contributed by atoms with Gasteiger partial charge < -0.3 is 14.8 Å². The fourth-order valence-corrected chi connectivity index (χ4v) is 2.16. The fourth-order valence-electron chi connectivity index (χ4n) is 2.16. The average molecular weight is 372 g/mol. The van der Waals surface area contributed by atoms with Crippen LogP contribution in [0.3, 0.4) is 0 Å². The van der Waals surface area contributed by atoms with E-state index < -0.39 is 23.4 Å². The van der Waals surface area contributed by atoms with Crippen molar-refractivity contribution < 1.29 is 24.0 Å². The number of carbonyl (C=O) groups excluding carboxylic acids is 2. The highest BCUT2D eigenvalue weighted by Crippen LogP contribution is 2.23. The zero-order valence-electron chi connectivity index (χ0n) is 14.8. The quantitative estimate of drug-likeness (QED) is 0.312. The molecule has 8 heteroatoms. The molecule has 8 nitrogen and oxygen atoms in total. The first-order chi connectivity index (χ1) is 13.0. The Bertz CT molecular complexity index is 804. The van der Waals surface area contributed by atoms with E-state index in [2.05, 4.69) is 12.2 Å². The molecule has 1 amide bonds. The van der Waals surface area contributed by atoms with Gasteiger partial charge in [0, 0.05) is 6.07 Å². The Morgan fingerprint density at radius 3 is 2.48 bits per heavy atom. The Labute approximate surface area is 156 Å². The van der Waals surface area contributed by atoms with Crippen LogP contribution in [0.4, 0.5) is 11.4 Å². The molecule has 0 saturated carbocycles. The maximum atomic E-state index is 12.0. The molecular formula is C19H20N2O6. The number of ether oxygens (including phenoxy) is 2. The van der Waals surface area contributed by atoms with E-state index in [4.69, 9.17) is 9.47 Å². The third kappa shape index (κ3) is 6.10. The molecule has 142 valence electrons. The van der Waals surface area contributed by atoms with Crippen LogP contribution in [0, 0.1) is 10.1 Å². The monoisotopic (exact) mass is 372 g/mol. The second-order valence-corrected chi connectivity index (χ2v) is 5.62. The summed E-state index contributed by atoms with van der Waals surface area (Å²) in [5.74, 6) is -0.695. The Balaban J connectivity index is 1.86. The van der Waals surface area contributed by atoms with Crippen LogP contribution < -0.4 is 10.1 Å². The second-order valence-electron chi connectivity index (χ2n) is 5.62. The Morgan fingerprint density at radius 1 is 1.11 bits per heavy atom. The van der Waals surface area contributed by atoms with Crippen LogP contribution in [0.5, 0.6) is 5.75 Å². The van der Waals surface area contributed by atoms with Gasteiger partial charge in [0.15, 0.2) is 6.61 Å². The van der Waals surface area contributed by atoms with Crippen molar-refractivity contribution in [2.24, 2.45) is 0 Å². The lowest BCUT2D eigenvalue weighted by Gasteiger charge is -2.08. The lowest BCUT2D eigenvalue weighted by atomic mass is 10.2. The number of hydrogen-bond donors (Lipinski definition) is 1. The number of benzene rings is 2. The lowest BCUT2D eigenvalue weighted by Crippen LogP contribution is -2.21. The summed E-state index contributed by atoms with van der Waals surface area (Å²) < 4.78 is 10.4. The number of carbonyl (C=O) groups is 2. The molecular weight excluding hydrogens is 352 g/mol. The molecule has 0 radical (unpaired) electrons. The van der Waals surface area contributed by atoms with Gasteiger partial charge in [-0.25, -0.2) is 4.79 Å². The van der Waals surface area contributed by atoms with Gasteiger partial charge in [0.25, 0.3) is 11.6 Å². The van der Waals surface area contributed by atoms with Crippen LogP contribution in [-0.4, -0.2) is 30.0 Å². The largest absolute Gasteiger partial charge is 0.494 e. The predicted octanol–water partition coefficient (Wildman–Crippen LogP) is 3.57. The number of anilines is 1. The van der Waals surface area contributed by atoms with Gasteiger partial charge in [0.1, 0.15) is 11.4 Å². The second kappa shape index (κ2) is 9.91. The molecule has 0 aliphatic rings. The molecule has 0 spiro atoms. The van der Waals surface area contributed by atoms with E-state index in [1.54, 1.807) is 30.3 Å². The van der Waals surface area contributed by atoms with Crippen molar-refractivity contribution >= 4 is 23.3 Å². The number of amides is 1. The maximum absolute atomic E-state index is 12.0. The van der Waals surface area contributed by atoms with Gasteiger partial charge in [-0.2, -0.15) is 0 Å². The third-order valence-corrected chi connectivity index (χ3v) is 3.57. The van der Waals surface area contributed by atoms with Crippen LogP contribution in [0.1, 0.15) is 30.1 Å². The summed E-state index contributed by atoms with van der Waals surface area (Å²) in [6.07, 6.45) is 1.97. The maximum Gasteiger partial charge on any atom is 0.338 e. The molecule has 0 bridgehead atoms. The van der Waals surface area contributed by atoms with Gasteiger partial charge >= 0.3 is 5.97 Å². The Morgan fingerprint density at radius 2 is 1.81 bits per heavy atom. The van der Waals surface area contributed by atoms with Crippen molar-refractivity contribution in [3.8, 4) is 5.75 Å². The molecule has 2 aromatic rings. The zero-order chi connectivity index (χ0) is 19.6. The first kappa shape index (κ1) is 19.9. The summed E-state index contributed by atoms with van der Waals surface area (Å²) in [5, 5.41) is 13.3. The summed E-state index contributed by atoms with van der Waals surface area (Å²) in [6, 6.07) is 12.1. The van der Waals surface area contributed by atoms with Gasteiger partial charge in [-0.1, -0.05) is 25.5 Å². The Hall–Kier alpha value is -3.42. The molecule has 0 aromatic heterocycles. The molecule has 0 saturated heterocycles. The van der Waals surface area contributed by atoms with Gasteiger partial charge in [-0.05, 0) is 36.8 Å². The number of para-hydroxylation sites is 2. The molecule has 0 aliphatic carbocycles. The molecule has 2 rings (SSSR count). The molecule has 2 aromatic carbocycles. The summed E-state index contributed by atoms with van der Waals surface area (Å²) in [4.78, 5) is 34.2. The molecule has 0 heterocycles. The first-order valence-corrected chi connectivity index (χ1v) is 8.44. The molecule has 0 unspecified atom stereocenters. The Kier molecular flexibility index (Phi) is 7.30. The van der Waals surface area contributed by atoms with Crippen molar-refractivity contribution in [1.82, 2.24) is 0 Å². The number of nitrogens with zero attached hydrogens (tertiary/aromatic N) is 1. The number of nitro groups is 1. The molecule has 0 fully saturated rings. The van der Waals surface area contributed by atoms with Crippen molar-refractivity contribution in [3.63, 3.8) is 0 Å². The number of esters is 1. The van der Waals surface area contributed by atoms with E-state index in [0.717, 1.165) is 12.8 Å². The summed E-state index contributed by atoms with van der Waals surface area (Å²) >= 11 is 0. The highest BCUT2D eigenvalue weighted by Gasteiger charge is 2.16. The van der Waals surface area contributed by atoms with Crippen LogP contribution in [0.15, 0.2) is 48.5 Å². The number of unbranched alkanes of at least 4 members (excludes halogenated alkanes) is 1. The minimum atomic E-state index is -0.673.